The van der Waals surface area contributed by atoms with Crippen molar-refractivity contribution in [3.63, 3.8) is 0 Å². The molecule has 1 amide bonds. The Hall–Kier alpha value is -2.75. The van der Waals surface area contributed by atoms with E-state index in [1.54, 1.807) is 31.1 Å². The van der Waals surface area contributed by atoms with Crippen molar-refractivity contribution >= 4 is 17.5 Å². The van der Waals surface area contributed by atoms with E-state index in [-0.39, 0.29) is 11.9 Å². The highest BCUT2D eigenvalue weighted by atomic mass is 35.5. The summed E-state index contributed by atoms with van der Waals surface area (Å²) in [6.07, 6.45) is -0.630. The highest BCUT2D eigenvalue weighted by molar-refractivity contribution is 6.32. The van der Waals surface area contributed by atoms with Crippen LogP contribution in [0.25, 0.3) is 0 Å². The lowest BCUT2D eigenvalue weighted by molar-refractivity contribution is -0.139. The Labute approximate surface area is 176 Å². The van der Waals surface area contributed by atoms with Gasteiger partial charge in [0.1, 0.15) is 17.5 Å². The van der Waals surface area contributed by atoms with Crippen molar-refractivity contribution in [1.82, 2.24) is 9.80 Å². The lowest BCUT2D eigenvalue weighted by atomic mass is 10.1. The van der Waals surface area contributed by atoms with E-state index in [0.29, 0.717) is 37.0 Å². The Kier molecular flexibility index (Phi) is 6.97. The number of halogens is 1. The molecule has 1 aliphatic rings. The average molecular weight is 414 g/mol. The second kappa shape index (κ2) is 9.64. The lowest BCUT2D eigenvalue weighted by Crippen LogP contribution is -2.52. The van der Waals surface area contributed by atoms with E-state index in [4.69, 9.17) is 21.1 Å². The monoisotopic (exact) mass is 413 g/mol. The number of ether oxygens (including phenoxy) is 2. The normalized spacial score (nSPS) is 16.6. The summed E-state index contributed by atoms with van der Waals surface area (Å²) < 4.78 is 10.9. The number of carbonyl (C=O) groups excluding carboxylic acids is 1. The number of piperazine rings is 1. The molecule has 0 radical (unpaired) electrons. The molecule has 2 aromatic carbocycles. The second-order valence-electron chi connectivity index (χ2n) is 6.86. The van der Waals surface area contributed by atoms with Gasteiger partial charge in [-0.25, -0.2) is 0 Å². The molecule has 0 saturated carbocycles. The molecule has 0 bridgehead atoms. The Morgan fingerprint density at radius 2 is 1.76 bits per heavy atom. The Morgan fingerprint density at radius 3 is 2.34 bits per heavy atom. The Morgan fingerprint density at radius 1 is 1.10 bits per heavy atom. The van der Waals surface area contributed by atoms with Crippen molar-refractivity contribution in [2.75, 3.05) is 33.3 Å². The Balaban J connectivity index is 1.58. The lowest BCUT2D eigenvalue weighted by Gasteiger charge is -2.37. The third-order valence-corrected chi connectivity index (χ3v) is 5.35. The molecular formula is C22H24ClN3O3. The molecule has 29 heavy (non-hydrogen) atoms. The zero-order valence-electron chi connectivity index (χ0n) is 16.5. The van der Waals surface area contributed by atoms with Gasteiger partial charge in [-0.05, 0) is 36.8 Å². The molecular weight excluding hydrogens is 390 g/mol. The first-order valence-corrected chi connectivity index (χ1v) is 9.89. The van der Waals surface area contributed by atoms with Gasteiger partial charge in [-0.3, -0.25) is 9.69 Å². The zero-order chi connectivity index (χ0) is 20.8. The van der Waals surface area contributed by atoms with Crippen LogP contribution in [0.5, 0.6) is 11.5 Å². The summed E-state index contributed by atoms with van der Waals surface area (Å²) in [6.45, 7) is 4.06. The summed E-state index contributed by atoms with van der Waals surface area (Å²) >= 11 is 6.11. The molecule has 2 aromatic rings. The minimum absolute atomic E-state index is 0.0810. The molecule has 1 heterocycles. The van der Waals surface area contributed by atoms with Crippen LogP contribution in [0, 0.1) is 11.3 Å². The van der Waals surface area contributed by atoms with E-state index in [1.807, 2.05) is 36.4 Å². The van der Waals surface area contributed by atoms with Crippen molar-refractivity contribution < 1.29 is 14.3 Å². The first-order valence-electron chi connectivity index (χ1n) is 9.51. The summed E-state index contributed by atoms with van der Waals surface area (Å²) in [5.74, 6) is 1.17. The van der Waals surface area contributed by atoms with E-state index < -0.39 is 6.10 Å². The fraction of sp³-hybridized carbons (Fsp3) is 0.364. The maximum absolute atomic E-state index is 12.8. The first-order chi connectivity index (χ1) is 14.0. The highest BCUT2D eigenvalue weighted by Gasteiger charge is 2.29. The van der Waals surface area contributed by atoms with Crippen LogP contribution in [0.4, 0.5) is 0 Å². The van der Waals surface area contributed by atoms with E-state index in [0.717, 1.165) is 11.3 Å². The number of rotatable bonds is 6. The predicted molar refractivity (Wildman–Crippen MR) is 111 cm³/mol. The van der Waals surface area contributed by atoms with Gasteiger partial charge in [-0.1, -0.05) is 35.9 Å². The van der Waals surface area contributed by atoms with Crippen molar-refractivity contribution in [1.29, 1.82) is 5.26 Å². The van der Waals surface area contributed by atoms with E-state index in [9.17, 15) is 10.1 Å². The number of para-hydroxylation sites is 1. The maximum atomic E-state index is 12.8. The maximum Gasteiger partial charge on any atom is 0.263 e. The van der Waals surface area contributed by atoms with Crippen LogP contribution in [-0.2, 0) is 4.79 Å². The molecule has 6 nitrogen and oxygen atoms in total. The fourth-order valence-electron chi connectivity index (χ4n) is 3.39. The van der Waals surface area contributed by atoms with Crippen LogP contribution < -0.4 is 9.47 Å². The molecule has 0 aromatic heterocycles. The smallest absolute Gasteiger partial charge is 0.263 e. The van der Waals surface area contributed by atoms with Crippen LogP contribution in [0.1, 0.15) is 18.5 Å². The van der Waals surface area contributed by atoms with Gasteiger partial charge >= 0.3 is 0 Å². The van der Waals surface area contributed by atoms with Gasteiger partial charge in [0.15, 0.2) is 6.10 Å². The van der Waals surface area contributed by atoms with Crippen molar-refractivity contribution in [2.45, 2.75) is 19.1 Å². The van der Waals surface area contributed by atoms with Gasteiger partial charge in [0.2, 0.25) is 0 Å². The number of nitrogens with zero attached hydrogens (tertiary/aromatic N) is 3. The number of carbonyl (C=O) groups is 1. The third-order valence-electron chi connectivity index (χ3n) is 5.03. The summed E-state index contributed by atoms with van der Waals surface area (Å²) in [6, 6.07) is 16.7. The van der Waals surface area contributed by atoms with Gasteiger partial charge in [-0.15, -0.1) is 0 Å². The summed E-state index contributed by atoms with van der Waals surface area (Å²) in [4.78, 5) is 16.6. The van der Waals surface area contributed by atoms with Crippen molar-refractivity contribution in [2.24, 2.45) is 0 Å². The average Bonchev–Trinajstić information content (AvgIpc) is 2.76. The van der Waals surface area contributed by atoms with Crippen molar-refractivity contribution in [3.05, 3.63) is 59.1 Å². The molecule has 1 aliphatic heterocycles. The zero-order valence-corrected chi connectivity index (χ0v) is 17.3. The number of benzene rings is 2. The van der Waals surface area contributed by atoms with E-state index in [1.165, 1.54) is 0 Å². The predicted octanol–water partition coefficient (Wildman–Crippen LogP) is 3.52. The first kappa shape index (κ1) is 21.0. The van der Waals surface area contributed by atoms with Crippen LogP contribution in [-0.4, -0.2) is 55.1 Å². The molecule has 0 N–H and O–H groups in total. The molecule has 2 atom stereocenters. The quantitative estimate of drug-likeness (QED) is 0.724. The van der Waals surface area contributed by atoms with Crippen LogP contribution in [0.2, 0.25) is 5.02 Å². The van der Waals surface area contributed by atoms with Gasteiger partial charge < -0.3 is 14.4 Å². The number of hydrogen-bond donors (Lipinski definition) is 0. The summed E-state index contributed by atoms with van der Waals surface area (Å²) in [7, 11) is 1.61. The molecule has 1 saturated heterocycles. The summed E-state index contributed by atoms with van der Waals surface area (Å²) in [5, 5.41) is 10.2. The van der Waals surface area contributed by atoms with E-state index in [2.05, 4.69) is 11.0 Å². The molecule has 2 unspecified atom stereocenters. The van der Waals surface area contributed by atoms with Gasteiger partial charge in [0.05, 0.1) is 18.2 Å². The molecule has 0 spiro atoms. The van der Waals surface area contributed by atoms with Gasteiger partial charge in [-0.2, -0.15) is 5.26 Å². The molecule has 3 rings (SSSR count). The molecule has 0 aliphatic carbocycles. The number of nitriles is 1. The molecule has 7 heteroatoms. The topological polar surface area (TPSA) is 65.8 Å². The highest BCUT2D eigenvalue weighted by Crippen LogP contribution is 2.26. The second-order valence-corrected chi connectivity index (χ2v) is 7.26. The number of methoxy groups -OCH3 is 1. The SMILES string of the molecule is COc1ccc(C(C#N)N2CCN(C(=O)C(C)Oc3ccccc3Cl)CC2)cc1. The Bertz CT molecular complexity index is 874. The largest absolute Gasteiger partial charge is 0.497 e. The summed E-state index contributed by atoms with van der Waals surface area (Å²) in [5.41, 5.74) is 0.920. The van der Waals surface area contributed by atoms with Crippen LogP contribution in [0.15, 0.2) is 48.5 Å². The minimum atomic E-state index is -0.630. The third kappa shape index (κ3) is 5.00. The van der Waals surface area contributed by atoms with Crippen LogP contribution >= 0.6 is 11.6 Å². The van der Waals surface area contributed by atoms with E-state index >= 15 is 0 Å². The number of amides is 1. The molecule has 1 fully saturated rings. The van der Waals surface area contributed by atoms with Gasteiger partial charge in [0.25, 0.3) is 5.91 Å². The standard InChI is InChI=1S/C22H24ClN3O3/c1-16(29-21-6-4-3-5-19(21)23)22(27)26-13-11-25(12-14-26)20(15-24)17-7-9-18(28-2)10-8-17/h3-10,16,20H,11-14H2,1-2H3. The van der Waals surface area contributed by atoms with Gasteiger partial charge in [0, 0.05) is 26.2 Å². The van der Waals surface area contributed by atoms with Crippen LogP contribution in [0.3, 0.4) is 0 Å². The molecule has 152 valence electrons. The minimum Gasteiger partial charge on any atom is -0.497 e. The fourth-order valence-corrected chi connectivity index (χ4v) is 3.57. The van der Waals surface area contributed by atoms with Crippen molar-refractivity contribution in [3.8, 4) is 17.6 Å². The number of hydrogen-bond acceptors (Lipinski definition) is 5.